The zero-order valence-electron chi connectivity index (χ0n) is 9.75. The second kappa shape index (κ2) is 5.19. The number of anilines is 1. The van der Waals surface area contributed by atoms with Gasteiger partial charge in [0.15, 0.2) is 0 Å². The Morgan fingerprint density at radius 2 is 2.00 bits per heavy atom. The molecule has 2 nitrogen and oxygen atoms in total. The molecule has 1 fully saturated rings. The first-order chi connectivity index (χ1) is 7.69. The van der Waals surface area contributed by atoms with Crippen LogP contribution in [0, 0.1) is 5.92 Å². The van der Waals surface area contributed by atoms with E-state index in [1.165, 1.54) is 37.2 Å². The Hall–Kier alpha value is -0.540. The van der Waals surface area contributed by atoms with Crippen molar-refractivity contribution in [2.24, 2.45) is 11.7 Å². The molecular formula is C13H19BrN2. The van der Waals surface area contributed by atoms with Crippen LogP contribution in [0.25, 0.3) is 0 Å². The third-order valence-corrected chi connectivity index (χ3v) is 3.78. The third-order valence-electron chi connectivity index (χ3n) is 3.33. The number of benzene rings is 1. The van der Waals surface area contributed by atoms with Gasteiger partial charge in [0.2, 0.25) is 0 Å². The molecule has 2 N–H and O–H groups in total. The van der Waals surface area contributed by atoms with Crippen LogP contribution in [0.3, 0.4) is 0 Å². The van der Waals surface area contributed by atoms with Crippen molar-refractivity contribution in [2.75, 3.05) is 18.0 Å². The maximum Gasteiger partial charge on any atom is 0.0380 e. The number of rotatable bonds is 2. The van der Waals surface area contributed by atoms with Crippen molar-refractivity contribution in [3.8, 4) is 0 Å². The van der Waals surface area contributed by atoms with Gasteiger partial charge in [0, 0.05) is 29.8 Å². The van der Waals surface area contributed by atoms with Crippen LogP contribution in [-0.4, -0.2) is 13.1 Å². The van der Waals surface area contributed by atoms with Gasteiger partial charge in [-0.2, -0.15) is 0 Å². The van der Waals surface area contributed by atoms with E-state index < -0.39 is 0 Å². The van der Waals surface area contributed by atoms with Gasteiger partial charge in [-0.25, -0.2) is 0 Å². The number of hydrogen-bond acceptors (Lipinski definition) is 2. The summed E-state index contributed by atoms with van der Waals surface area (Å²) in [6.07, 6.45) is 2.59. The number of halogens is 1. The highest BCUT2D eigenvalue weighted by molar-refractivity contribution is 9.10. The topological polar surface area (TPSA) is 29.3 Å². The standard InChI is InChI=1S/C13H19BrN2/c1-10-2-4-16(5-3-10)13-7-11(9-15)6-12(14)8-13/h6-8,10H,2-5,9,15H2,1H3. The van der Waals surface area contributed by atoms with Crippen molar-refractivity contribution < 1.29 is 0 Å². The summed E-state index contributed by atoms with van der Waals surface area (Å²) in [5.74, 6) is 0.873. The number of nitrogens with zero attached hydrogens (tertiary/aromatic N) is 1. The van der Waals surface area contributed by atoms with Crippen molar-refractivity contribution in [1.82, 2.24) is 0 Å². The van der Waals surface area contributed by atoms with Gasteiger partial charge in [-0.05, 0) is 42.5 Å². The molecule has 3 heteroatoms. The first-order valence-corrected chi connectivity index (χ1v) is 6.73. The number of nitrogens with two attached hydrogens (primary N) is 1. The molecule has 88 valence electrons. The van der Waals surface area contributed by atoms with Crippen LogP contribution in [-0.2, 0) is 6.54 Å². The maximum absolute atomic E-state index is 5.70. The molecule has 0 spiro atoms. The van der Waals surface area contributed by atoms with Gasteiger partial charge in [-0.15, -0.1) is 0 Å². The molecule has 0 aromatic heterocycles. The normalized spacial score (nSPS) is 17.8. The van der Waals surface area contributed by atoms with Crippen LogP contribution in [0.4, 0.5) is 5.69 Å². The van der Waals surface area contributed by atoms with Crippen molar-refractivity contribution in [3.05, 3.63) is 28.2 Å². The van der Waals surface area contributed by atoms with Gasteiger partial charge < -0.3 is 10.6 Å². The Kier molecular flexibility index (Phi) is 3.87. The summed E-state index contributed by atoms with van der Waals surface area (Å²) in [5, 5.41) is 0. The molecule has 0 atom stereocenters. The van der Waals surface area contributed by atoms with Crippen LogP contribution in [0.2, 0.25) is 0 Å². The van der Waals surface area contributed by atoms with E-state index >= 15 is 0 Å². The van der Waals surface area contributed by atoms with Crippen LogP contribution in [0.1, 0.15) is 25.3 Å². The fourth-order valence-electron chi connectivity index (χ4n) is 2.20. The molecule has 0 unspecified atom stereocenters. The molecule has 0 saturated carbocycles. The minimum absolute atomic E-state index is 0.608. The first kappa shape index (κ1) is 11.9. The predicted molar refractivity (Wildman–Crippen MR) is 72.6 cm³/mol. The molecular weight excluding hydrogens is 264 g/mol. The minimum atomic E-state index is 0.608. The third kappa shape index (κ3) is 2.77. The van der Waals surface area contributed by atoms with Gasteiger partial charge in [0.1, 0.15) is 0 Å². The Bertz CT molecular complexity index is 357. The molecule has 1 aliphatic rings. The molecule has 2 rings (SSSR count). The largest absolute Gasteiger partial charge is 0.371 e. The first-order valence-electron chi connectivity index (χ1n) is 5.93. The van der Waals surface area contributed by atoms with Crippen molar-refractivity contribution >= 4 is 21.6 Å². The van der Waals surface area contributed by atoms with Gasteiger partial charge in [-0.1, -0.05) is 22.9 Å². The Morgan fingerprint density at radius 1 is 1.31 bits per heavy atom. The fourth-order valence-corrected chi connectivity index (χ4v) is 2.73. The van der Waals surface area contributed by atoms with Gasteiger partial charge in [0.25, 0.3) is 0 Å². The summed E-state index contributed by atoms with van der Waals surface area (Å²) in [5.41, 5.74) is 8.20. The second-order valence-corrected chi connectivity index (χ2v) is 5.61. The monoisotopic (exact) mass is 282 g/mol. The minimum Gasteiger partial charge on any atom is -0.371 e. The van der Waals surface area contributed by atoms with Crippen molar-refractivity contribution in [1.29, 1.82) is 0 Å². The zero-order chi connectivity index (χ0) is 11.5. The maximum atomic E-state index is 5.70. The SMILES string of the molecule is CC1CCN(c2cc(Br)cc(CN)c2)CC1. The van der Waals surface area contributed by atoms with E-state index in [0.29, 0.717) is 6.54 Å². The highest BCUT2D eigenvalue weighted by Crippen LogP contribution is 2.26. The molecule has 0 amide bonds. The molecule has 0 radical (unpaired) electrons. The predicted octanol–water partition coefficient (Wildman–Crippen LogP) is 3.14. The number of piperidine rings is 1. The van der Waals surface area contributed by atoms with Crippen molar-refractivity contribution in [2.45, 2.75) is 26.3 Å². The lowest BCUT2D eigenvalue weighted by molar-refractivity contribution is 0.438. The van der Waals surface area contributed by atoms with E-state index in [9.17, 15) is 0 Å². The van der Waals surface area contributed by atoms with E-state index in [2.05, 4.69) is 46.0 Å². The quantitative estimate of drug-likeness (QED) is 0.903. The highest BCUT2D eigenvalue weighted by Gasteiger charge is 2.16. The average molecular weight is 283 g/mol. The summed E-state index contributed by atoms with van der Waals surface area (Å²) in [4.78, 5) is 2.46. The van der Waals surface area contributed by atoms with Gasteiger partial charge >= 0.3 is 0 Å². The van der Waals surface area contributed by atoms with Crippen LogP contribution in [0.15, 0.2) is 22.7 Å². The lowest BCUT2D eigenvalue weighted by atomic mass is 9.98. The summed E-state index contributed by atoms with van der Waals surface area (Å²) < 4.78 is 1.13. The van der Waals surface area contributed by atoms with Crippen LogP contribution >= 0.6 is 15.9 Å². The number of hydrogen-bond donors (Lipinski definition) is 1. The van der Waals surface area contributed by atoms with Crippen LogP contribution in [0.5, 0.6) is 0 Å². The van der Waals surface area contributed by atoms with E-state index in [1.54, 1.807) is 0 Å². The lowest BCUT2D eigenvalue weighted by Gasteiger charge is -2.32. The molecule has 1 aromatic carbocycles. The van der Waals surface area contributed by atoms with Gasteiger partial charge in [0.05, 0.1) is 0 Å². The summed E-state index contributed by atoms with van der Waals surface area (Å²) in [6.45, 7) is 5.28. The molecule has 16 heavy (non-hydrogen) atoms. The van der Waals surface area contributed by atoms with Gasteiger partial charge in [-0.3, -0.25) is 0 Å². The lowest BCUT2D eigenvalue weighted by Crippen LogP contribution is -2.32. The van der Waals surface area contributed by atoms with Crippen LogP contribution < -0.4 is 10.6 Å². The average Bonchev–Trinajstić information content (AvgIpc) is 2.29. The molecule has 1 aromatic rings. The summed E-state index contributed by atoms with van der Waals surface area (Å²) in [7, 11) is 0. The van der Waals surface area contributed by atoms with E-state index in [4.69, 9.17) is 5.73 Å². The fraction of sp³-hybridized carbons (Fsp3) is 0.538. The van der Waals surface area contributed by atoms with Crippen molar-refractivity contribution in [3.63, 3.8) is 0 Å². The Labute approximate surface area is 106 Å². The zero-order valence-corrected chi connectivity index (χ0v) is 11.3. The van der Waals surface area contributed by atoms with E-state index in [1.807, 2.05) is 0 Å². The molecule has 1 saturated heterocycles. The summed E-state index contributed by atoms with van der Waals surface area (Å²) >= 11 is 3.55. The molecule has 0 aliphatic carbocycles. The smallest absolute Gasteiger partial charge is 0.0380 e. The summed E-state index contributed by atoms with van der Waals surface area (Å²) in [6, 6.07) is 6.49. The Balaban J connectivity index is 2.16. The Morgan fingerprint density at radius 3 is 2.62 bits per heavy atom. The molecule has 1 aliphatic heterocycles. The molecule has 0 bridgehead atoms. The van der Waals surface area contributed by atoms with E-state index in [-0.39, 0.29) is 0 Å². The highest BCUT2D eigenvalue weighted by atomic mass is 79.9. The molecule has 1 heterocycles. The second-order valence-electron chi connectivity index (χ2n) is 4.69. The van der Waals surface area contributed by atoms with E-state index in [0.717, 1.165) is 10.4 Å².